The van der Waals surface area contributed by atoms with Crippen LogP contribution in [0.2, 0.25) is 0 Å². The number of fused-ring (bicyclic) bond motifs is 3. The van der Waals surface area contributed by atoms with Crippen LogP contribution in [0.5, 0.6) is 5.75 Å². The Bertz CT molecular complexity index is 1210. The van der Waals surface area contributed by atoms with Crippen molar-refractivity contribution in [2.45, 2.75) is 30.6 Å². The van der Waals surface area contributed by atoms with Gasteiger partial charge in [-0.25, -0.2) is 18.4 Å². The third-order valence-corrected chi connectivity index (χ3v) is 9.11. The van der Waals surface area contributed by atoms with Gasteiger partial charge in [0, 0.05) is 43.8 Å². The first kappa shape index (κ1) is 24.0. The number of morpholine rings is 1. The number of allylic oxidation sites excluding steroid dienone is 6. The molecule has 5 rings (SSSR count). The number of nitrogens with one attached hydrogen (secondary N) is 1. The zero-order valence-electron chi connectivity index (χ0n) is 20.2. The van der Waals surface area contributed by atoms with E-state index in [0.717, 1.165) is 16.8 Å². The molecule has 1 N–H and O–H groups in total. The quantitative estimate of drug-likeness (QED) is 0.668. The van der Waals surface area contributed by atoms with Crippen molar-refractivity contribution in [2.75, 3.05) is 57.3 Å². The molecule has 1 aromatic heterocycles. The lowest BCUT2D eigenvalue weighted by Crippen LogP contribution is -2.52. The first-order valence-electron chi connectivity index (χ1n) is 12.0. The zero-order chi connectivity index (χ0) is 24.6. The molecule has 35 heavy (non-hydrogen) atoms. The first-order chi connectivity index (χ1) is 16.8. The minimum Gasteiger partial charge on any atom is -0.486 e. The van der Waals surface area contributed by atoms with Crippen LogP contribution < -0.4 is 15.0 Å². The van der Waals surface area contributed by atoms with Crippen molar-refractivity contribution in [3.63, 3.8) is 0 Å². The van der Waals surface area contributed by atoms with Gasteiger partial charge in [-0.15, -0.1) is 0 Å². The van der Waals surface area contributed by atoms with Gasteiger partial charge in [-0.2, -0.15) is 0 Å². The maximum atomic E-state index is 13.4. The number of hydrogen-bond donors (Lipinski definition) is 1. The molecule has 0 aliphatic carbocycles. The summed E-state index contributed by atoms with van der Waals surface area (Å²) in [7, 11) is -3.56. The summed E-state index contributed by atoms with van der Waals surface area (Å²) in [6.45, 7) is 9.76. The molecule has 2 fully saturated rings. The summed E-state index contributed by atoms with van der Waals surface area (Å²) < 4.78 is 42.9. The molecule has 188 valence electrons. The highest BCUT2D eigenvalue weighted by molar-refractivity contribution is 7.91. The Labute approximate surface area is 206 Å². The highest BCUT2D eigenvalue weighted by Gasteiger charge is 2.50. The van der Waals surface area contributed by atoms with Gasteiger partial charge in [0.1, 0.15) is 17.0 Å². The van der Waals surface area contributed by atoms with Gasteiger partial charge < -0.3 is 24.4 Å². The number of nitrogens with zero attached hydrogens (tertiary/aromatic N) is 3. The Balaban J connectivity index is 1.75. The molecule has 0 saturated carbocycles. The minimum atomic E-state index is -3.56. The van der Waals surface area contributed by atoms with Crippen molar-refractivity contribution in [2.24, 2.45) is 0 Å². The fraction of sp³-hybridized carbons (Fsp3) is 0.520. The van der Waals surface area contributed by atoms with E-state index < -0.39 is 14.6 Å². The van der Waals surface area contributed by atoms with E-state index in [9.17, 15) is 8.42 Å². The van der Waals surface area contributed by atoms with Crippen LogP contribution >= 0.6 is 0 Å². The van der Waals surface area contributed by atoms with Crippen LogP contribution in [0.3, 0.4) is 0 Å². The van der Waals surface area contributed by atoms with Gasteiger partial charge in [0.25, 0.3) is 0 Å². The smallest absolute Gasteiger partial charge is 0.185 e. The number of sulfone groups is 1. The number of anilines is 1. The fourth-order valence-electron chi connectivity index (χ4n) is 5.10. The third kappa shape index (κ3) is 4.39. The van der Waals surface area contributed by atoms with Gasteiger partial charge in [-0.3, -0.25) is 0 Å². The molecule has 0 spiro atoms. The Morgan fingerprint density at radius 1 is 1.17 bits per heavy atom. The summed E-state index contributed by atoms with van der Waals surface area (Å²) in [5, 5.41) is 3.31. The van der Waals surface area contributed by atoms with Crippen LogP contribution in [-0.2, 0) is 24.1 Å². The van der Waals surface area contributed by atoms with Gasteiger partial charge >= 0.3 is 0 Å². The maximum Gasteiger partial charge on any atom is 0.185 e. The third-order valence-electron chi connectivity index (χ3n) is 7.08. The Kier molecular flexibility index (Phi) is 6.45. The molecule has 5 heterocycles. The van der Waals surface area contributed by atoms with Crippen molar-refractivity contribution in [1.82, 2.24) is 15.3 Å². The van der Waals surface area contributed by atoms with Crippen molar-refractivity contribution >= 4 is 21.2 Å². The predicted octanol–water partition coefficient (Wildman–Crippen LogP) is 2.13. The number of rotatable bonds is 3. The lowest BCUT2D eigenvalue weighted by molar-refractivity contribution is 0.0639. The second-order valence-electron chi connectivity index (χ2n) is 9.40. The van der Waals surface area contributed by atoms with Gasteiger partial charge in [0.15, 0.2) is 27.2 Å². The molecule has 0 aromatic carbocycles. The van der Waals surface area contributed by atoms with E-state index in [1.165, 1.54) is 6.26 Å². The monoisotopic (exact) mass is 500 g/mol. The molecular weight excluding hydrogens is 468 g/mol. The molecule has 9 nitrogen and oxygen atoms in total. The standard InChI is InChI=1S/C25H32N4O5S/c1-17-14-18(2)26-9-5-4-6-20(17)23-27-22(25(35(3,30)31)7-11-32-12-8-25)21-24(28-23)29-10-13-33-15-19(29)16-34-21/h4-6,14,19,26H,1,7-13,15-16H2,2-3H3/b5-4-,18-14-,20-6+. The first-order valence-corrected chi connectivity index (χ1v) is 13.8. The summed E-state index contributed by atoms with van der Waals surface area (Å²) in [5.41, 5.74) is 2.87. The number of aromatic nitrogens is 2. The minimum absolute atomic E-state index is 0.0136. The summed E-state index contributed by atoms with van der Waals surface area (Å²) in [4.78, 5) is 12.1. The van der Waals surface area contributed by atoms with Gasteiger partial charge in [0.05, 0.1) is 19.3 Å². The Hall–Kier alpha value is -2.69. The zero-order valence-corrected chi connectivity index (χ0v) is 21.1. The van der Waals surface area contributed by atoms with Crippen molar-refractivity contribution in [3.8, 4) is 5.75 Å². The molecule has 10 heteroatoms. The summed E-state index contributed by atoms with van der Waals surface area (Å²) in [5.74, 6) is 1.51. The highest BCUT2D eigenvalue weighted by atomic mass is 32.2. The van der Waals surface area contributed by atoms with Gasteiger partial charge in [-0.05, 0) is 31.4 Å². The summed E-state index contributed by atoms with van der Waals surface area (Å²) in [6, 6.07) is 0.0136. The van der Waals surface area contributed by atoms with E-state index in [2.05, 4.69) is 16.8 Å². The van der Waals surface area contributed by atoms with Crippen LogP contribution in [0.4, 0.5) is 5.82 Å². The average Bonchev–Trinajstić information content (AvgIpc) is 2.92. The fourth-order valence-corrected chi connectivity index (χ4v) is 6.50. The SMILES string of the molecule is C=C1/C=C(/C)NC/C=C\C=C/1c1nc2c(c(C3(S(C)(=O)=O)CCOCC3)n1)OCC1COCCN21. The molecule has 0 amide bonds. The van der Waals surface area contributed by atoms with Crippen LogP contribution in [0, 0.1) is 0 Å². The molecular formula is C25H32N4O5S. The van der Waals surface area contributed by atoms with E-state index in [4.69, 9.17) is 24.2 Å². The van der Waals surface area contributed by atoms with E-state index >= 15 is 0 Å². The number of ether oxygens (including phenoxy) is 3. The van der Waals surface area contributed by atoms with Crippen molar-refractivity contribution in [3.05, 3.63) is 53.7 Å². The average molecular weight is 501 g/mol. The topological polar surface area (TPSA) is 103 Å². The molecule has 1 unspecified atom stereocenters. The highest BCUT2D eigenvalue weighted by Crippen LogP contribution is 2.48. The molecule has 1 aromatic rings. The molecule has 4 aliphatic rings. The van der Waals surface area contributed by atoms with Gasteiger partial charge in [-0.1, -0.05) is 24.8 Å². The lowest BCUT2D eigenvalue weighted by Gasteiger charge is -2.43. The van der Waals surface area contributed by atoms with Gasteiger partial charge in [0.2, 0.25) is 0 Å². The lowest BCUT2D eigenvalue weighted by atomic mass is 9.93. The summed E-state index contributed by atoms with van der Waals surface area (Å²) >= 11 is 0. The Morgan fingerprint density at radius 2 is 1.97 bits per heavy atom. The normalized spacial score (nSPS) is 28.3. The van der Waals surface area contributed by atoms with E-state index in [1.54, 1.807) is 0 Å². The number of hydrogen-bond acceptors (Lipinski definition) is 9. The van der Waals surface area contributed by atoms with Crippen LogP contribution in [0.1, 0.15) is 31.3 Å². The summed E-state index contributed by atoms with van der Waals surface area (Å²) in [6.07, 6.45) is 9.74. The molecule has 4 aliphatic heterocycles. The largest absolute Gasteiger partial charge is 0.486 e. The van der Waals surface area contributed by atoms with Crippen LogP contribution in [0.25, 0.3) is 5.57 Å². The van der Waals surface area contributed by atoms with Crippen molar-refractivity contribution in [1.29, 1.82) is 0 Å². The Morgan fingerprint density at radius 3 is 2.74 bits per heavy atom. The second kappa shape index (κ2) is 9.40. The molecule has 0 bridgehead atoms. The second-order valence-corrected chi connectivity index (χ2v) is 11.7. The maximum absolute atomic E-state index is 13.4. The van der Waals surface area contributed by atoms with E-state index in [-0.39, 0.29) is 6.04 Å². The predicted molar refractivity (Wildman–Crippen MR) is 134 cm³/mol. The van der Waals surface area contributed by atoms with Crippen LogP contribution in [-0.4, -0.2) is 76.8 Å². The van der Waals surface area contributed by atoms with E-state index in [0.29, 0.717) is 82.1 Å². The van der Waals surface area contributed by atoms with E-state index in [1.807, 2.05) is 31.2 Å². The molecule has 0 radical (unpaired) electrons. The van der Waals surface area contributed by atoms with Crippen LogP contribution in [0.15, 0.2) is 42.2 Å². The molecule has 2 saturated heterocycles. The van der Waals surface area contributed by atoms with Crippen molar-refractivity contribution < 1.29 is 22.6 Å². The molecule has 1 atom stereocenters.